The molecule has 19 heavy (non-hydrogen) atoms. The molecule has 0 unspecified atom stereocenters. The van der Waals surface area contributed by atoms with Gasteiger partial charge in [-0.3, -0.25) is 9.36 Å². The second-order valence-corrected chi connectivity index (χ2v) is 5.54. The molecule has 0 aliphatic carbocycles. The number of aromatic nitrogens is 2. The quantitative estimate of drug-likeness (QED) is 0.692. The van der Waals surface area contributed by atoms with Gasteiger partial charge in [-0.1, -0.05) is 11.6 Å². The summed E-state index contributed by atoms with van der Waals surface area (Å²) in [6.07, 6.45) is 0. The highest BCUT2D eigenvalue weighted by atomic mass is 35.5. The van der Waals surface area contributed by atoms with E-state index in [1.54, 1.807) is 17.5 Å². The normalized spacial score (nSPS) is 11.1. The monoisotopic (exact) mass is 312 g/mol. The van der Waals surface area contributed by atoms with Crippen molar-refractivity contribution in [2.45, 2.75) is 0 Å². The van der Waals surface area contributed by atoms with E-state index in [0.29, 0.717) is 15.9 Å². The lowest BCUT2D eigenvalue weighted by Gasteiger charge is -2.06. The van der Waals surface area contributed by atoms with Gasteiger partial charge in [-0.25, -0.2) is 4.39 Å². The van der Waals surface area contributed by atoms with Gasteiger partial charge in [0.05, 0.1) is 16.2 Å². The highest BCUT2D eigenvalue weighted by molar-refractivity contribution is 7.71. The van der Waals surface area contributed by atoms with Crippen LogP contribution in [0.2, 0.25) is 5.02 Å². The van der Waals surface area contributed by atoms with Gasteiger partial charge in [0.15, 0.2) is 4.77 Å². The number of rotatable bonds is 1. The molecular weight excluding hydrogens is 307 g/mol. The maximum absolute atomic E-state index is 13.5. The molecule has 0 bridgehead atoms. The van der Waals surface area contributed by atoms with Crippen LogP contribution in [0.3, 0.4) is 0 Å². The summed E-state index contributed by atoms with van der Waals surface area (Å²) in [5.41, 5.74) is 0.768. The lowest BCUT2D eigenvalue weighted by molar-refractivity contribution is 0.626. The van der Waals surface area contributed by atoms with Crippen molar-refractivity contribution < 1.29 is 4.39 Å². The molecule has 0 aliphatic rings. The highest BCUT2D eigenvalue weighted by Gasteiger charge is 2.10. The summed E-state index contributed by atoms with van der Waals surface area (Å²) in [5, 5.41) is 1.80. The summed E-state index contributed by atoms with van der Waals surface area (Å²) in [6, 6.07) is 5.92. The highest BCUT2D eigenvalue weighted by Crippen LogP contribution is 2.19. The number of halogens is 2. The number of benzene rings is 1. The van der Waals surface area contributed by atoms with Gasteiger partial charge in [0, 0.05) is 0 Å². The fraction of sp³-hybridized carbons (Fsp3) is 0. The maximum atomic E-state index is 13.5. The van der Waals surface area contributed by atoms with Gasteiger partial charge < -0.3 is 4.98 Å². The Balaban J connectivity index is 2.38. The number of thiophene rings is 1. The molecule has 3 rings (SSSR count). The van der Waals surface area contributed by atoms with Crippen LogP contribution in [0.4, 0.5) is 4.39 Å². The lowest BCUT2D eigenvalue weighted by atomic mass is 10.3. The molecule has 0 fully saturated rings. The zero-order chi connectivity index (χ0) is 13.6. The van der Waals surface area contributed by atoms with Crippen LogP contribution in [0.25, 0.3) is 15.9 Å². The van der Waals surface area contributed by atoms with Crippen molar-refractivity contribution in [1.29, 1.82) is 0 Å². The van der Waals surface area contributed by atoms with Crippen LogP contribution in [0.5, 0.6) is 0 Å². The van der Waals surface area contributed by atoms with Crippen molar-refractivity contribution in [3.63, 3.8) is 0 Å². The van der Waals surface area contributed by atoms with E-state index in [1.165, 1.54) is 28.0 Å². The van der Waals surface area contributed by atoms with Crippen LogP contribution in [-0.4, -0.2) is 9.55 Å². The van der Waals surface area contributed by atoms with E-state index >= 15 is 0 Å². The molecule has 3 nitrogen and oxygen atoms in total. The molecular formula is C12H6ClFN2OS2. The van der Waals surface area contributed by atoms with Crippen LogP contribution in [-0.2, 0) is 0 Å². The van der Waals surface area contributed by atoms with Crippen LogP contribution < -0.4 is 5.56 Å². The van der Waals surface area contributed by atoms with Crippen molar-refractivity contribution in [3.8, 4) is 5.69 Å². The number of nitrogens with zero attached hydrogens (tertiary/aromatic N) is 1. The first-order valence-corrected chi connectivity index (χ1v) is 6.92. The van der Waals surface area contributed by atoms with Gasteiger partial charge in [0.25, 0.3) is 5.56 Å². The predicted molar refractivity (Wildman–Crippen MR) is 77.6 cm³/mol. The summed E-state index contributed by atoms with van der Waals surface area (Å²) in [7, 11) is 0. The van der Waals surface area contributed by atoms with Gasteiger partial charge >= 0.3 is 0 Å². The molecule has 0 saturated heterocycles. The molecule has 2 aromatic heterocycles. The minimum absolute atomic E-state index is 0.00361. The molecule has 7 heteroatoms. The van der Waals surface area contributed by atoms with Crippen molar-refractivity contribution >= 4 is 45.4 Å². The van der Waals surface area contributed by atoms with Crippen LogP contribution in [0, 0.1) is 10.6 Å². The number of nitrogens with one attached hydrogen (secondary N) is 1. The Morgan fingerprint density at radius 1 is 1.37 bits per heavy atom. The Morgan fingerprint density at radius 2 is 2.16 bits per heavy atom. The van der Waals surface area contributed by atoms with E-state index < -0.39 is 5.82 Å². The molecule has 0 saturated carbocycles. The zero-order valence-corrected chi connectivity index (χ0v) is 11.7. The average molecular weight is 313 g/mol. The average Bonchev–Trinajstić information content (AvgIpc) is 2.82. The van der Waals surface area contributed by atoms with E-state index in [0.717, 1.165) is 0 Å². The van der Waals surface area contributed by atoms with Crippen molar-refractivity contribution in [3.05, 3.63) is 55.6 Å². The van der Waals surface area contributed by atoms with E-state index in [4.69, 9.17) is 23.8 Å². The minimum Gasteiger partial charge on any atom is -0.331 e. The standard InChI is InChI=1S/C12H6ClFN2OS2/c13-7-2-1-6(5-8(7)14)16-11(17)10-9(3-4-19-10)15-12(16)18/h1-5H,(H,15,18). The van der Waals surface area contributed by atoms with E-state index in [-0.39, 0.29) is 15.4 Å². The number of hydrogen-bond acceptors (Lipinski definition) is 3. The molecule has 0 spiro atoms. The molecule has 1 aromatic carbocycles. The van der Waals surface area contributed by atoms with Gasteiger partial charge in [0.1, 0.15) is 10.5 Å². The number of fused-ring (bicyclic) bond motifs is 1. The topological polar surface area (TPSA) is 37.8 Å². The molecule has 96 valence electrons. The molecule has 0 amide bonds. The summed E-state index contributed by atoms with van der Waals surface area (Å²) in [6.45, 7) is 0. The fourth-order valence-electron chi connectivity index (χ4n) is 1.80. The van der Waals surface area contributed by atoms with Crippen molar-refractivity contribution in [1.82, 2.24) is 9.55 Å². The van der Waals surface area contributed by atoms with Gasteiger partial charge in [0.2, 0.25) is 0 Å². The third-order valence-electron chi connectivity index (χ3n) is 2.67. The third kappa shape index (κ3) is 2.01. The lowest BCUT2D eigenvalue weighted by Crippen LogP contribution is -2.19. The van der Waals surface area contributed by atoms with Gasteiger partial charge in [-0.2, -0.15) is 0 Å². The molecule has 2 heterocycles. The first-order chi connectivity index (χ1) is 9.08. The first-order valence-electron chi connectivity index (χ1n) is 5.26. The SMILES string of the molecule is O=c1c2sccc2[nH]c(=S)n1-c1ccc(Cl)c(F)c1. The summed E-state index contributed by atoms with van der Waals surface area (Å²) < 4.78 is 15.5. The van der Waals surface area contributed by atoms with E-state index in [1.807, 2.05) is 0 Å². The Hall–Kier alpha value is -1.50. The van der Waals surface area contributed by atoms with Crippen molar-refractivity contribution in [2.24, 2.45) is 0 Å². The second kappa shape index (κ2) is 4.56. The predicted octanol–water partition coefficient (Wildman–Crippen LogP) is 3.90. The molecule has 3 aromatic rings. The Bertz CT molecular complexity index is 897. The molecule has 0 atom stereocenters. The number of hydrogen-bond donors (Lipinski definition) is 1. The van der Waals surface area contributed by atoms with Crippen LogP contribution in [0.15, 0.2) is 34.4 Å². The van der Waals surface area contributed by atoms with Gasteiger partial charge in [-0.05, 0) is 41.9 Å². The Labute approximate surface area is 120 Å². The Morgan fingerprint density at radius 3 is 2.89 bits per heavy atom. The van der Waals surface area contributed by atoms with E-state index in [9.17, 15) is 9.18 Å². The van der Waals surface area contributed by atoms with Crippen molar-refractivity contribution in [2.75, 3.05) is 0 Å². The first kappa shape index (κ1) is 12.5. The number of H-pyrrole nitrogens is 1. The van der Waals surface area contributed by atoms with Gasteiger partial charge in [-0.15, -0.1) is 11.3 Å². The minimum atomic E-state index is -0.591. The summed E-state index contributed by atoms with van der Waals surface area (Å²) in [5.74, 6) is -0.591. The molecule has 0 radical (unpaired) electrons. The third-order valence-corrected chi connectivity index (χ3v) is 4.16. The smallest absolute Gasteiger partial charge is 0.276 e. The van der Waals surface area contributed by atoms with Crippen LogP contribution in [0.1, 0.15) is 0 Å². The number of aromatic amines is 1. The molecule has 0 aliphatic heterocycles. The van der Waals surface area contributed by atoms with Crippen LogP contribution >= 0.6 is 35.2 Å². The second-order valence-electron chi connectivity index (χ2n) is 3.83. The summed E-state index contributed by atoms with van der Waals surface area (Å²) in [4.78, 5) is 15.3. The fourth-order valence-corrected chi connectivity index (χ4v) is 2.99. The summed E-state index contributed by atoms with van der Waals surface area (Å²) >= 11 is 12.1. The van der Waals surface area contributed by atoms with E-state index in [2.05, 4.69) is 4.98 Å². The Kier molecular flexibility index (Phi) is 3.00. The largest absolute Gasteiger partial charge is 0.331 e. The zero-order valence-electron chi connectivity index (χ0n) is 9.31. The molecule has 1 N–H and O–H groups in total. The maximum Gasteiger partial charge on any atom is 0.276 e.